The molecule has 82 valence electrons. The van der Waals surface area contributed by atoms with Gasteiger partial charge in [0.2, 0.25) is 10.0 Å². The fourth-order valence-corrected chi connectivity index (χ4v) is 2.10. The molecule has 1 N–H and O–H groups in total. The van der Waals surface area contributed by atoms with E-state index in [9.17, 15) is 13.2 Å². The zero-order valence-electron chi connectivity index (χ0n) is 8.22. The van der Waals surface area contributed by atoms with Gasteiger partial charge in [-0.25, -0.2) is 13.1 Å². The van der Waals surface area contributed by atoms with Crippen molar-refractivity contribution in [3.05, 3.63) is 35.9 Å². The molecule has 0 bridgehead atoms. The van der Waals surface area contributed by atoms with Gasteiger partial charge in [-0.3, -0.25) is 0 Å². The van der Waals surface area contributed by atoms with Gasteiger partial charge in [0.05, 0.1) is 12.3 Å². The first kappa shape index (κ1) is 11.9. The largest absolute Gasteiger partial charge is 0.302 e. The zero-order valence-corrected chi connectivity index (χ0v) is 9.03. The Balaban J connectivity index is 2.46. The predicted octanol–water partition coefficient (Wildman–Crippen LogP) is 0.347. The highest BCUT2D eigenvalue weighted by molar-refractivity contribution is 7.89. The summed E-state index contributed by atoms with van der Waals surface area (Å²) >= 11 is 0. The molecule has 0 aliphatic carbocycles. The van der Waals surface area contributed by atoms with Crippen molar-refractivity contribution in [2.75, 3.05) is 12.3 Å². The number of benzene rings is 1. The molecule has 0 unspecified atom stereocenters. The summed E-state index contributed by atoms with van der Waals surface area (Å²) in [6.07, 6.45) is 0.981. The van der Waals surface area contributed by atoms with Gasteiger partial charge in [-0.2, -0.15) is 0 Å². The minimum atomic E-state index is -3.32. The molecule has 0 saturated carbocycles. The molecule has 0 spiro atoms. The number of carbonyl (C=O) groups excluding carboxylic acids is 1. The molecule has 1 rings (SSSR count). The van der Waals surface area contributed by atoms with Gasteiger partial charge in [0, 0.05) is 0 Å². The fraction of sp³-hybridized carbons (Fsp3) is 0.300. The van der Waals surface area contributed by atoms with Crippen molar-refractivity contribution in [2.45, 2.75) is 6.42 Å². The van der Waals surface area contributed by atoms with Gasteiger partial charge in [-0.1, -0.05) is 30.3 Å². The quantitative estimate of drug-likeness (QED) is 0.713. The first-order chi connectivity index (χ1) is 7.14. The summed E-state index contributed by atoms with van der Waals surface area (Å²) in [5, 5.41) is 0. The summed E-state index contributed by atoms with van der Waals surface area (Å²) in [6, 6.07) is 9.34. The lowest BCUT2D eigenvalue weighted by molar-refractivity contribution is -0.106. The van der Waals surface area contributed by atoms with Crippen molar-refractivity contribution < 1.29 is 13.2 Å². The second kappa shape index (κ2) is 5.63. The van der Waals surface area contributed by atoms with E-state index in [1.54, 1.807) is 0 Å². The van der Waals surface area contributed by atoms with E-state index in [0.29, 0.717) is 12.7 Å². The second-order valence-corrected chi connectivity index (χ2v) is 5.00. The number of aryl methyl sites for hydroxylation is 1. The standard InChI is InChI=1S/C10H13NO3S/c12-8-7-11-15(13,14)9-6-10-4-2-1-3-5-10/h1-5,8,11H,6-7,9H2. The van der Waals surface area contributed by atoms with E-state index in [1.807, 2.05) is 30.3 Å². The number of rotatable bonds is 6. The number of hydrogen-bond donors (Lipinski definition) is 1. The summed E-state index contributed by atoms with van der Waals surface area (Å²) < 4.78 is 24.8. The van der Waals surface area contributed by atoms with Crippen molar-refractivity contribution in [2.24, 2.45) is 0 Å². The topological polar surface area (TPSA) is 63.2 Å². The van der Waals surface area contributed by atoms with Gasteiger partial charge in [-0.05, 0) is 12.0 Å². The summed E-state index contributed by atoms with van der Waals surface area (Å²) in [7, 11) is -3.32. The normalized spacial score (nSPS) is 11.2. The second-order valence-electron chi connectivity index (χ2n) is 3.07. The molecular formula is C10H13NO3S. The van der Waals surface area contributed by atoms with Crippen LogP contribution in [0.1, 0.15) is 5.56 Å². The van der Waals surface area contributed by atoms with E-state index in [-0.39, 0.29) is 12.3 Å². The van der Waals surface area contributed by atoms with Crippen LogP contribution < -0.4 is 4.72 Å². The third-order valence-electron chi connectivity index (χ3n) is 1.89. The molecule has 0 amide bonds. The van der Waals surface area contributed by atoms with Gasteiger partial charge in [0.25, 0.3) is 0 Å². The van der Waals surface area contributed by atoms with Crippen LogP contribution in [0.3, 0.4) is 0 Å². The number of hydrogen-bond acceptors (Lipinski definition) is 3. The van der Waals surface area contributed by atoms with Crippen LogP contribution in [0.25, 0.3) is 0 Å². The fourth-order valence-electron chi connectivity index (χ4n) is 1.13. The average molecular weight is 227 g/mol. The summed E-state index contributed by atoms with van der Waals surface area (Å²) in [4.78, 5) is 10.00. The van der Waals surface area contributed by atoms with E-state index < -0.39 is 10.0 Å². The van der Waals surface area contributed by atoms with Crippen LogP contribution >= 0.6 is 0 Å². The molecule has 0 aliphatic heterocycles. The Morgan fingerprint density at radius 2 is 1.87 bits per heavy atom. The van der Waals surface area contributed by atoms with Crippen molar-refractivity contribution in [1.29, 1.82) is 0 Å². The van der Waals surface area contributed by atoms with E-state index >= 15 is 0 Å². The lowest BCUT2D eigenvalue weighted by atomic mass is 10.2. The molecule has 1 aromatic carbocycles. The Morgan fingerprint density at radius 1 is 1.20 bits per heavy atom. The Labute approximate surface area is 89.4 Å². The molecule has 0 fully saturated rings. The first-order valence-corrected chi connectivity index (χ1v) is 6.24. The summed E-state index contributed by atoms with van der Waals surface area (Å²) in [5.74, 6) is 0.00481. The van der Waals surface area contributed by atoms with Gasteiger partial charge in [0.1, 0.15) is 6.29 Å². The molecule has 4 nitrogen and oxygen atoms in total. The number of carbonyl (C=O) groups is 1. The summed E-state index contributed by atoms with van der Waals surface area (Å²) in [5.41, 5.74) is 0.967. The molecule has 0 heterocycles. The van der Waals surface area contributed by atoms with Crippen molar-refractivity contribution >= 4 is 16.3 Å². The molecule has 0 saturated heterocycles. The molecule has 0 radical (unpaired) electrons. The van der Waals surface area contributed by atoms with E-state index in [1.165, 1.54) is 0 Å². The first-order valence-electron chi connectivity index (χ1n) is 4.59. The van der Waals surface area contributed by atoms with Crippen LogP contribution in [0, 0.1) is 0 Å². The predicted molar refractivity (Wildman–Crippen MR) is 58.0 cm³/mol. The Morgan fingerprint density at radius 3 is 2.47 bits per heavy atom. The molecule has 0 atom stereocenters. The SMILES string of the molecule is O=CCNS(=O)(=O)CCc1ccccc1. The highest BCUT2D eigenvalue weighted by Gasteiger charge is 2.08. The maximum atomic E-state index is 11.3. The lowest BCUT2D eigenvalue weighted by Gasteiger charge is -2.03. The smallest absolute Gasteiger partial charge is 0.212 e. The Hall–Kier alpha value is -1.20. The minimum Gasteiger partial charge on any atom is -0.302 e. The maximum Gasteiger partial charge on any atom is 0.212 e. The van der Waals surface area contributed by atoms with E-state index in [2.05, 4.69) is 4.72 Å². The molecule has 1 aromatic rings. The monoisotopic (exact) mass is 227 g/mol. The lowest BCUT2D eigenvalue weighted by Crippen LogP contribution is -2.28. The third kappa shape index (κ3) is 4.71. The maximum absolute atomic E-state index is 11.3. The number of aldehydes is 1. The van der Waals surface area contributed by atoms with Crippen LogP contribution in [0.2, 0.25) is 0 Å². The molecular weight excluding hydrogens is 214 g/mol. The summed E-state index contributed by atoms with van der Waals surface area (Å²) in [6.45, 7) is -0.156. The van der Waals surface area contributed by atoms with Gasteiger partial charge < -0.3 is 4.79 Å². The highest BCUT2D eigenvalue weighted by Crippen LogP contribution is 2.00. The number of nitrogens with one attached hydrogen (secondary N) is 1. The van der Waals surface area contributed by atoms with Crippen LogP contribution in [-0.4, -0.2) is 27.0 Å². The van der Waals surface area contributed by atoms with E-state index in [0.717, 1.165) is 5.56 Å². The van der Waals surface area contributed by atoms with Crippen LogP contribution in [0.4, 0.5) is 0 Å². The molecule has 0 aliphatic rings. The van der Waals surface area contributed by atoms with Crippen LogP contribution in [0.5, 0.6) is 0 Å². The highest BCUT2D eigenvalue weighted by atomic mass is 32.2. The molecule has 15 heavy (non-hydrogen) atoms. The Bertz CT molecular complexity index is 400. The number of sulfonamides is 1. The zero-order chi connectivity index (χ0) is 11.1. The molecule has 5 heteroatoms. The van der Waals surface area contributed by atoms with Crippen LogP contribution in [0.15, 0.2) is 30.3 Å². The molecule has 0 aromatic heterocycles. The Kier molecular flexibility index (Phi) is 4.45. The van der Waals surface area contributed by atoms with Gasteiger partial charge in [-0.15, -0.1) is 0 Å². The average Bonchev–Trinajstić information content (AvgIpc) is 2.25. The van der Waals surface area contributed by atoms with E-state index in [4.69, 9.17) is 0 Å². The van der Waals surface area contributed by atoms with Gasteiger partial charge >= 0.3 is 0 Å². The van der Waals surface area contributed by atoms with Gasteiger partial charge in [0.15, 0.2) is 0 Å². The van der Waals surface area contributed by atoms with Crippen molar-refractivity contribution in [3.63, 3.8) is 0 Å². The van der Waals surface area contributed by atoms with Crippen molar-refractivity contribution in [3.8, 4) is 0 Å². The van der Waals surface area contributed by atoms with Crippen molar-refractivity contribution in [1.82, 2.24) is 4.72 Å². The minimum absolute atomic E-state index is 0.00481. The third-order valence-corrected chi connectivity index (χ3v) is 3.24. The van der Waals surface area contributed by atoms with Crippen LogP contribution in [-0.2, 0) is 21.2 Å².